The van der Waals surface area contributed by atoms with Gasteiger partial charge in [-0.15, -0.1) is 0 Å². The molecule has 1 N–H and O–H groups in total. The Morgan fingerprint density at radius 1 is 0.905 bits per heavy atom. The number of rotatable bonds is 10. The molecule has 0 saturated carbocycles. The molecule has 1 aromatic rings. The molecule has 3 heteroatoms. The number of aliphatic carboxylic acids is 1. The topological polar surface area (TPSA) is 37.3 Å². The van der Waals surface area contributed by atoms with Gasteiger partial charge >= 0.3 is 65.5 Å². The van der Waals surface area contributed by atoms with E-state index in [4.69, 9.17) is 5.11 Å². The van der Waals surface area contributed by atoms with Crippen LogP contribution in [0.5, 0.6) is 0 Å². The van der Waals surface area contributed by atoms with Gasteiger partial charge in [-0.2, -0.15) is 0 Å². The van der Waals surface area contributed by atoms with E-state index in [9.17, 15) is 4.79 Å². The van der Waals surface area contributed by atoms with Crippen LogP contribution in [-0.4, -0.2) is 11.1 Å². The summed E-state index contributed by atoms with van der Waals surface area (Å²) in [5.41, 5.74) is 0. The zero-order valence-corrected chi connectivity index (χ0v) is 19.0. The van der Waals surface area contributed by atoms with Gasteiger partial charge < -0.3 is 5.11 Å². The standard InChI is InChI=1S/C12H24O2.C6H5.Hg/c1-2-3-4-5-6-7-8-9-10-11-12(13)14;1-2-4-6-5-3-1;/h2-11H2,1H3,(H,13,14);1-5H;. The number of hydrogen-bond donors (Lipinski definition) is 1. The summed E-state index contributed by atoms with van der Waals surface area (Å²) >= 11 is 0.810. The molecule has 2 nitrogen and oxygen atoms in total. The first-order valence-electron chi connectivity index (χ1n) is 8.25. The second kappa shape index (κ2) is 16.0. The van der Waals surface area contributed by atoms with Crippen molar-refractivity contribution in [2.75, 3.05) is 0 Å². The van der Waals surface area contributed by atoms with Crippen LogP contribution in [0.25, 0.3) is 0 Å². The Kier molecular flexibility index (Phi) is 15.7. The van der Waals surface area contributed by atoms with Gasteiger partial charge in [-0.05, 0) is 6.42 Å². The van der Waals surface area contributed by atoms with Crippen molar-refractivity contribution in [3.63, 3.8) is 0 Å². The summed E-state index contributed by atoms with van der Waals surface area (Å²) in [5.74, 6) is -0.659. The summed E-state index contributed by atoms with van der Waals surface area (Å²) in [6, 6.07) is 10.6. The molecule has 0 aliphatic carbocycles. The first-order chi connectivity index (χ1) is 10.2. The van der Waals surface area contributed by atoms with E-state index in [1.54, 1.807) is 0 Å². The molecule has 1 rings (SSSR count). The third kappa shape index (κ3) is 17.6. The molecule has 0 unspecified atom stereocenters. The van der Waals surface area contributed by atoms with Crippen molar-refractivity contribution in [2.24, 2.45) is 0 Å². The quantitative estimate of drug-likeness (QED) is 0.386. The van der Waals surface area contributed by atoms with Crippen molar-refractivity contribution in [3.05, 3.63) is 30.3 Å². The number of carbonyl (C=O) groups is 1. The molecule has 0 saturated heterocycles. The van der Waals surface area contributed by atoms with Crippen LogP contribution in [0.4, 0.5) is 0 Å². The van der Waals surface area contributed by atoms with E-state index in [0.29, 0.717) is 6.42 Å². The van der Waals surface area contributed by atoms with E-state index in [0.717, 1.165) is 39.0 Å². The molecule has 0 amide bonds. The van der Waals surface area contributed by atoms with Gasteiger partial charge in [0.1, 0.15) is 0 Å². The Balaban J connectivity index is 0.000000471. The fourth-order valence-electron chi connectivity index (χ4n) is 2.06. The molecular weight excluding hydrogens is 449 g/mol. The van der Waals surface area contributed by atoms with Crippen LogP contribution in [0.15, 0.2) is 30.3 Å². The summed E-state index contributed by atoms with van der Waals surface area (Å²) < 4.78 is 1.52. The van der Waals surface area contributed by atoms with Crippen LogP contribution in [0.2, 0.25) is 0 Å². The summed E-state index contributed by atoms with van der Waals surface area (Å²) in [5, 5.41) is 8.41. The molecule has 0 heterocycles. The number of carboxylic acids is 1. The Hall–Kier alpha value is -0.375. The minimum atomic E-state index is -0.659. The molecule has 0 aliphatic rings. The molecular formula is C18H29HgO2. The fraction of sp³-hybridized carbons (Fsp3) is 0.611. The second-order valence-corrected chi connectivity index (χ2v) is 8.63. The second-order valence-electron chi connectivity index (χ2n) is 5.46. The Morgan fingerprint density at radius 2 is 1.38 bits per heavy atom. The van der Waals surface area contributed by atoms with Gasteiger partial charge in [0.05, 0.1) is 0 Å². The van der Waals surface area contributed by atoms with Crippen molar-refractivity contribution in [1.29, 1.82) is 0 Å². The fourth-order valence-corrected chi connectivity index (χ4v) is 3.12. The molecule has 0 aromatic heterocycles. The Labute approximate surface area is 146 Å². The van der Waals surface area contributed by atoms with E-state index >= 15 is 0 Å². The maximum atomic E-state index is 10.2. The van der Waals surface area contributed by atoms with Crippen molar-refractivity contribution in [3.8, 4) is 0 Å². The van der Waals surface area contributed by atoms with Crippen molar-refractivity contribution in [1.82, 2.24) is 0 Å². The van der Waals surface area contributed by atoms with Gasteiger partial charge in [0.15, 0.2) is 0 Å². The van der Waals surface area contributed by atoms with Gasteiger partial charge in [-0.3, -0.25) is 4.79 Å². The van der Waals surface area contributed by atoms with Gasteiger partial charge in [-0.1, -0.05) is 58.3 Å². The van der Waals surface area contributed by atoms with E-state index in [-0.39, 0.29) is 0 Å². The van der Waals surface area contributed by atoms with Gasteiger partial charge in [0.25, 0.3) is 0 Å². The van der Waals surface area contributed by atoms with E-state index in [1.807, 2.05) is 0 Å². The number of hydrogen-bond acceptors (Lipinski definition) is 1. The maximum absolute atomic E-state index is 10.2. The number of benzene rings is 1. The van der Waals surface area contributed by atoms with Crippen molar-refractivity contribution < 1.29 is 36.0 Å². The van der Waals surface area contributed by atoms with Crippen LogP contribution >= 0.6 is 0 Å². The van der Waals surface area contributed by atoms with Crippen molar-refractivity contribution >= 4 is 9.04 Å². The molecule has 0 spiro atoms. The summed E-state index contributed by atoms with van der Waals surface area (Å²) in [6.07, 6.45) is 11.5. The summed E-state index contributed by atoms with van der Waals surface area (Å²) in [7, 11) is 0. The van der Waals surface area contributed by atoms with Crippen LogP contribution in [-0.2, 0) is 30.9 Å². The van der Waals surface area contributed by atoms with Crippen LogP contribution in [0, 0.1) is 0 Å². The van der Waals surface area contributed by atoms with Gasteiger partial charge in [0, 0.05) is 6.42 Å². The number of carboxylic acid groups (broad SMARTS) is 1. The predicted octanol–water partition coefficient (Wildman–Crippen LogP) is 4.85. The van der Waals surface area contributed by atoms with Crippen LogP contribution in [0.3, 0.4) is 0 Å². The third-order valence-corrected chi connectivity index (χ3v) is 5.17. The van der Waals surface area contributed by atoms with Crippen LogP contribution < -0.4 is 3.07 Å². The first-order valence-corrected chi connectivity index (χ1v) is 11.0. The summed E-state index contributed by atoms with van der Waals surface area (Å²) in [6.45, 7) is 2.23. The van der Waals surface area contributed by atoms with E-state index < -0.39 is 5.97 Å². The van der Waals surface area contributed by atoms with Gasteiger partial charge in [-0.25, -0.2) is 0 Å². The summed E-state index contributed by atoms with van der Waals surface area (Å²) in [4.78, 5) is 10.2. The Bertz CT molecular complexity index is 338. The molecule has 0 atom stereocenters. The van der Waals surface area contributed by atoms with E-state index in [2.05, 4.69) is 37.3 Å². The minimum absolute atomic E-state index is 0.343. The SMILES string of the molecule is CCCCCCCCCCCC(=O)O.[Hg][c]1ccccc1. The first kappa shape index (κ1) is 20.6. The third-order valence-electron chi connectivity index (χ3n) is 3.34. The van der Waals surface area contributed by atoms with Crippen LogP contribution in [0.1, 0.15) is 71.1 Å². The average molecular weight is 478 g/mol. The normalized spacial score (nSPS) is 9.86. The molecule has 0 bridgehead atoms. The Morgan fingerprint density at radius 3 is 1.76 bits per heavy atom. The predicted molar refractivity (Wildman–Crippen MR) is 85.6 cm³/mol. The monoisotopic (exact) mass is 479 g/mol. The van der Waals surface area contributed by atoms with Gasteiger partial charge in [0.2, 0.25) is 0 Å². The molecule has 115 valence electrons. The molecule has 0 fully saturated rings. The molecule has 1 aromatic carbocycles. The zero-order chi connectivity index (χ0) is 15.8. The van der Waals surface area contributed by atoms with Crippen molar-refractivity contribution in [2.45, 2.75) is 71.1 Å². The zero-order valence-electron chi connectivity index (χ0n) is 13.5. The molecule has 21 heavy (non-hydrogen) atoms. The molecule has 0 aliphatic heterocycles. The number of unbranched alkanes of at least 4 members (excludes halogenated alkanes) is 8. The van der Waals surface area contributed by atoms with E-state index in [1.165, 1.54) is 48.0 Å². The average Bonchev–Trinajstić information content (AvgIpc) is 2.47. The molecule has 0 radical (unpaired) electrons.